The van der Waals surface area contributed by atoms with Crippen molar-refractivity contribution in [3.63, 3.8) is 0 Å². The topological polar surface area (TPSA) is 98.7 Å². The lowest BCUT2D eigenvalue weighted by Crippen LogP contribution is -2.49. The van der Waals surface area contributed by atoms with E-state index >= 15 is 0 Å². The fourth-order valence-electron chi connectivity index (χ4n) is 4.17. The highest BCUT2D eigenvalue weighted by Gasteiger charge is 2.33. The van der Waals surface area contributed by atoms with Crippen LogP contribution in [0.4, 0.5) is 10.2 Å². The van der Waals surface area contributed by atoms with Gasteiger partial charge in [-0.2, -0.15) is 10.5 Å². The average Bonchev–Trinajstić information content (AvgIpc) is 3.40. The minimum absolute atomic E-state index is 0.172. The molecule has 1 atom stereocenters. The smallest absolute Gasteiger partial charge is 0.148 e. The molecule has 2 aliphatic heterocycles. The van der Waals surface area contributed by atoms with E-state index in [1.807, 2.05) is 30.3 Å². The van der Waals surface area contributed by atoms with E-state index in [-0.39, 0.29) is 18.7 Å². The van der Waals surface area contributed by atoms with Crippen LogP contribution in [0.15, 0.2) is 47.8 Å². The van der Waals surface area contributed by atoms with Gasteiger partial charge in [-0.3, -0.25) is 9.97 Å². The first-order chi connectivity index (χ1) is 16.7. The molecule has 34 heavy (non-hydrogen) atoms. The highest BCUT2D eigenvalue weighted by molar-refractivity contribution is 7.98. The molecule has 0 bridgehead atoms. The fraction of sp³-hybridized carbons (Fsp3) is 0.320. The number of hydrogen-bond donors (Lipinski definition) is 0. The summed E-state index contributed by atoms with van der Waals surface area (Å²) in [6.07, 6.45) is 3.50. The summed E-state index contributed by atoms with van der Waals surface area (Å²) in [6.45, 7) is 1.75. The molecule has 3 aromatic rings. The van der Waals surface area contributed by atoms with Crippen LogP contribution in [0.3, 0.4) is 0 Å². The molecule has 0 radical (unpaired) electrons. The van der Waals surface area contributed by atoms with Gasteiger partial charge in [-0.15, -0.1) is 0 Å². The first-order valence-corrected chi connectivity index (χ1v) is 12.0. The molecule has 0 N–H and O–H groups in total. The molecular formula is C25H21FN6OS. The number of thioether (sulfide) groups is 1. The van der Waals surface area contributed by atoms with E-state index in [1.54, 1.807) is 17.3 Å². The lowest BCUT2D eigenvalue weighted by atomic mass is 9.96. The van der Waals surface area contributed by atoms with Crippen molar-refractivity contribution in [3.05, 3.63) is 65.1 Å². The maximum Gasteiger partial charge on any atom is 0.148 e. The van der Waals surface area contributed by atoms with Gasteiger partial charge in [-0.1, -0.05) is 23.9 Å². The second-order valence-corrected chi connectivity index (χ2v) is 9.20. The Hall–Kier alpha value is -3.53. The third kappa shape index (κ3) is 4.33. The van der Waals surface area contributed by atoms with E-state index < -0.39 is 6.17 Å². The molecule has 2 fully saturated rings. The van der Waals surface area contributed by atoms with Gasteiger partial charge in [0.05, 0.1) is 36.6 Å². The lowest BCUT2D eigenvalue weighted by Gasteiger charge is -2.36. The number of rotatable bonds is 6. The standard InChI is InChI=1S/C25H21FN6OS/c26-18-12-32(13-18)24-20(9-27)23(22-5-4-16(11-30-22)17-6-8-33-14-17)21(10-28)25(31-24)34-15-19-3-1-2-7-29-19/h1-5,7,11,17-18H,6,8,12-15H2. The Labute approximate surface area is 201 Å². The van der Waals surface area contributed by atoms with Crippen molar-refractivity contribution in [2.45, 2.75) is 29.3 Å². The molecule has 3 aromatic heterocycles. The number of nitriles is 2. The highest BCUT2D eigenvalue weighted by Crippen LogP contribution is 2.39. The van der Waals surface area contributed by atoms with Gasteiger partial charge in [0.15, 0.2) is 0 Å². The van der Waals surface area contributed by atoms with Crippen LogP contribution in [0.2, 0.25) is 0 Å². The van der Waals surface area contributed by atoms with Crippen LogP contribution in [0, 0.1) is 22.7 Å². The zero-order valence-corrected chi connectivity index (χ0v) is 19.1. The van der Waals surface area contributed by atoms with Gasteiger partial charge < -0.3 is 9.64 Å². The van der Waals surface area contributed by atoms with Crippen molar-refractivity contribution in [3.8, 4) is 23.4 Å². The normalized spacial score (nSPS) is 17.7. The Morgan fingerprint density at radius 3 is 2.59 bits per heavy atom. The van der Waals surface area contributed by atoms with Gasteiger partial charge in [0.1, 0.15) is 34.7 Å². The molecule has 9 heteroatoms. The molecular weight excluding hydrogens is 451 g/mol. The fourth-order valence-corrected chi connectivity index (χ4v) is 5.06. The molecule has 0 aromatic carbocycles. The van der Waals surface area contributed by atoms with E-state index in [9.17, 15) is 14.9 Å². The van der Waals surface area contributed by atoms with Crippen molar-refractivity contribution < 1.29 is 9.13 Å². The number of halogens is 1. The summed E-state index contributed by atoms with van der Waals surface area (Å²) in [5.41, 5.74) is 3.42. The monoisotopic (exact) mass is 472 g/mol. The third-order valence-electron chi connectivity index (χ3n) is 6.03. The molecule has 0 amide bonds. The Balaban J connectivity index is 1.58. The van der Waals surface area contributed by atoms with Crippen LogP contribution in [0.5, 0.6) is 0 Å². The number of aromatic nitrogens is 3. The van der Waals surface area contributed by atoms with Gasteiger partial charge in [-0.25, -0.2) is 9.37 Å². The van der Waals surface area contributed by atoms with Crippen molar-refractivity contribution >= 4 is 17.6 Å². The molecule has 0 saturated carbocycles. The Kier molecular flexibility index (Phi) is 6.39. The number of nitrogens with zero attached hydrogens (tertiary/aromatic N) is 6. The maximum absolute atomic E-state index is 13.7. The van der Waals surface area contributed by atoms with Crippen LogP contribution in [0.1, 0.15) is 34.7 Å². The van der Waals surface area contributed by atoms with Crippen molar-refractivity contribution in [1.82, 2.24) is 15.0 Å². The summed E-state index contributed by atoms with van der Waals surface area (Å²) in [5.74, 6) is 1.20. The predicted molar refractivity (Wildman–Crippen MR) is 126 cm³/mol. The largest absolute Gasteiger partial charge is 0.381 e. The number of ether oxygens (including phenoxy) is 1. The SMILES string of the molecule is N#Cc1c(SCc2ccccn2)nc(N2CC(F)C2)c(C#N)c1-c1ccc(C2CCOC2)cn1. The summed E-state index contributed by atoms with van der Waals surface area (Å²) in [7, 11) is 0. The zero-order valence-electron chi connectivity index (χ0n) is 18.3. The van der Waals surface area contributed by atoms with E-state index in [4.69, 9.17) is 4.74 Å². The Morgan fingerprint density at radius 1 is 1.12 bits per heavy atom. The van der Waals surface area contributed by atoms with Crippen LogP contribution >= 0.6 is 11.8 Å². The van der Waals surface area contributed by atoms with Gasteiger partial charge in [0.25, 0.3) is 0 Å². The number of alkyl halides is 1. The maximum atomic E-state index is 13.7. The summed E-state index contributed by atoms with van der Waals surface area (Å²) >= 11 is 1.37. The number of pyridine rings is 3. The van der Waals surface area contributed by atoms with Gasteiger partial charge in [0.2, 0.25) is 0 Å². The van der Waals surface area contributed by atoms with Gasteiger partial charge in [0, 0.05) is 36.2 Å². The van der Waals surface area contributed by atoms with E-state index in [2.05, 4.69) is 27.1 Å². The first-order valence-electron chi connectivity index (χ1n) is 11.0. The van der Waals surface area contributed by atoms with Crippen LogP contribution in [-0.4, -0.2) is 47.4 Å². The van der Waals surface area contributed by atoms with Crippen LogP contribution in [-0.2, 0) is 10.5 Å². The predicted octanol–water partition coefficient (Wildman–Crippen LogP) is 4.24. The van der Waals surface area contributed by atoms with Crippen LogP contribution < -0.4 is 4.90 Å². The molecule has 170 valence electrons. The molecule has 2 saturated heterocycles. The molecule has 2 aliphatic rings. The highest BCUT2D eigenvalue weighted by atomic mass is 32.2. The van der Waals surface area contributed by atoms with Crippen molar-refractivity contribution in [2.24, 2.45) is 0 Å². The summed E-state index contributed by atoms with van der Waals surface area (Å²) in [6, 6.07) is 13.9. The van der Waals surface area contributed by atoms with E-state index in [0.717, 1.165) is 24.3 Å². The van der Waals surface area contributed by atoms with Gasteiger partial charge in [-0.05, 0) is 30.2 Å². The Morgan fingerprint density at radius 2 is 1.97 bits per heavy atom. The summed E-state index contributed by atoms with van der Waals surface area (Å²) < 4.78 is 19.2. The van der Waals surface area contributed by atoms with E-state index in [1.165, 1.54) is 11.8 Å². The molecule has 1 unspecified atom stereocenters. The second kappa shape index (κ2) is 9.76. The van der Waals surface area contributed by atoms with Crippen LogP contribution in [0.25, 0.3) is 11.3 Å². The quantitative estimate of drug-likeness (QED) is 0.492. The Bertz CT molecular complexity index is 1260. The summed E-state index contributed by atoms with van der Waals surface area (Å²) in [5, 5.41) is 20.6. The van der Waals surface area contributed by atoms with Crippen molar-refractivity contribution in [2.75, 3.05) is 31.2 Å². The number of hydrogen-bond acceptors (Lipinski definition) is 8. The van der Waals surface area contributed by atoms with Crippen molar-refractivity contribution in [1.29, 1.82) is 10.5 Å². The molecule has 5 heterocycles. The lowest BCUT2D eigenvalue weighted by molar-refractivity contribution is 0.194. The average molecular weight is 473 g/mol. The number of anilines is 1. The van der Waals surface area contributed by atoms with E-state index in [0.29, 0.717) is 45.9 Å². The molecule has 5 rings (SSSR count). The van der Waals surface area contributed by atoms with Gasteiger partial charge >= 0.3 is 0 Å². The minimum Gasteiger partial charge on any atom is -0.381 e. The second-order valence-electron chi connectivity index (χ2n) is 8.24. The third-order valence-corrected chi connectivity index (χ3v) is 7.04. The molecule has 0 spiro atoms. The molecule has 7 nitrogen and oxygen atoms in total. The molecule has 0 aliphatic carbocycles. The summed E-state index contributed by atoms with van der Waals surface area (Å²) in [4.78, 5) is 15.4. The zero-order chi connectivity index (χ0) is 23.5. The minimum atomic E-state index is -0.955. The first kappa shape index (κ1) is 22.3.